The van der Waals surface area contributed by atoms with Crippen molar-refractivity contribution in [1.82, 2.24) is 10.2 Å². The SMILES string of the molecule is CCCNC(=O)[C@H](CC)N(Cc1ccccc1)C(=O)COc1ccc(C(C)C)cc1Br. The van der Waals surface area contributed by atoms with Gasteiger partial charge in [0.1, 0.15) is 11.8 Å². The van der Waals surface area contributed by atoms with E-state index in [1.165, 1.54) is 5.56 Å². The van der Waals surface area contributed by atoms with Crippen LogP contribution in [0, 0.1) is 0 Å². The molecule has 2 aromatic carbocycles. The maximum Gasteiger partial charge on any atom is 0.261 e. The molecule has 2 rings (SSSR count). The Hall–Kier alpha value is -2.34. The molecule has 5 nitrogen and oxygen atoms in total. The summed E-state index contributed by atoms with van der Waals surface area (Å²) in [7, 11) is 0. The van der Waals surface area contributed by atoms with Crippen molar-refractivity contribution in [3.63, 3.8) is 0 Å². The first-order valence-electron chi connectivity index (χ1n) is 10.9. The molecule has 2 amide bonds. The molecule has 0 spiro atoms. The first-order valence-corrected chi connectivity index (χ1v) is 11.7. The fourth-order valence-corrected chi connectivity index (χ4v) is 3.79. The van der Waals surface area contributed by atoms with Crippen molar-refractivity contribution in [1.29, 1.82) is 0 Å². The third-order valence-corrected chi connectivity index (χ3v) is 5.72. The van der Waals surface area contributed by atoms with Gasteiger partial charge in [0, 0.05) is 13.1 Å². The summed E-state index contributed by atoms with van der Waals surface area (Å²) in [5, 5.41) is 2.92. The van der Waals surface area contributed by atoms with Crippen molar-refractivity contribution in [3.05, 3.63) is 64.1 Å². The second-order valence-electron chi connectivity index (χ2n) is 7.86. The number of hydrogen-bond donors (Lipinski definition) is 1. The van der Waals surface area contributed by atoms with E-state index in [-0.39, 0.29) is 18.4 Å². The number of halogens is 1. The number of hydrogen-bond acceptors (Lipinski definition) is 3. The Kier molecular flexibility index (Phi) is 10.0. The van der Waals surface area contributed by atoms with Crippen LogP contribution in [-0.4, -0.2) is 35.9 Å². The Bertz CT molecular complexity index is 855. The van der Waals surface area contributed by atoms with Crippen LogP contribution < -0.4 is 10.1 Å². The lowest BCUT2D eigenvalue weighted by Gasteiger charge is -2.30. The highest BCUT2D eigenvalue weighted by Gasteiger charge is 2.28. The number of rotatable bonds is 11. The van der Waals surface area contributed by atoms with Gasteiger partial charge >= 0.3 is 0 Å². The van der Waals surface area contributed by atoms with Gasteiger partial charge in [0.05, 0.1) is 4.47 Å². The van der Waals surface area contributed by atoms with Gasteiger partial charge in [-0.05, 0) is 57.9 Å². The molecule has 0 aromatic heterocycles. The molecule has 2 aromatic rings. The normalized spacial score (nSPS) is 11.8. The zero-order chi connectivity index (χ0) is 22.8. The molecule has 0 aliphatic rings. The summed E-state index contributed by atoms with van der Waals surface area (Å²) >= 11 is 3.54. The summed E-state index contributed by atoms with van der Waals surface area (Å²) < 4.78 is 6.65. The average Bonchev–Trinajstić information content (AvgIpc) is 2.77. The highest BCUT2D eigenvalue weighted by atomic mass is 79.9. The largest absolute Gasteiger partial charge is 0.483 e. The van der Waals surface area contributed by atoms with Gasteiger partial charge in [0.2, 0.25) is 5.91 Å². The van der Waals surface area contributed by atoms with Gasteiger partial charge in [0.25, 0.3) is 5.91 Å². The quantitative estimate of drug-likeness (QED) is 0.467. The Labute approximate surface area is 194 Å². The van der Waals surface area contributed by atoms with Crippen molar-refractivity contribution in [2.45, 2.75) is 59.0 Å². The minimum Gasteiger partial charge on any atom is -0.483 e. The Balaban J connectivity index is 2.18. The third kappa shape index (κ3) is 7.39. The number of carbonyl (C=O) groups excluding carboxylic acids is 2. The molecule has 0 saturated heterocycles. The highest BCUT2D eigenvalue weighted by molar-refractivity contribution is 9.10. The van der Waals surface area contributed by atoms with Crippen LogP contribution in [0.5, 0.6) is 5.75 Å². The molecule has 0 aliphatic carbocycles. The zero-order valence-electron chi connectivity index (χ0n) is 18.9. The molecular weight excluding hydrogens is 456 g/mol. The van der Waals surface area contributed by atoms with E-state index in [9.17, 15) is 9.59 Å². The van der Waals surface area contributed by atoms with E-state index in [0.29, 0.717) is 31.2 Å². The minimum atomic E-state index is -0.547. The predicted octanol–water partition coefficient (Wildman–Crippen LogP) is 5.28. The number of ether oxygens (including phenoxy) is 1. The molecule has 6 heteroatoms. The standard InChI is InChI=1S/C25H33BrN2O3/c1-5-14-27-25(30)22(6-2)28(16-19-10-8-7-9-11-19)24(29)17-31-23-13-12-20(18(3)4)15-21(23)26/h7-13,15,18,22H,5-6,14,16-17H2,1-4H3,(H,27,30)/t22-/m0/s1. The van der Waals surface area contributed by atoms with E-state index < -0.39 is 6.04 Å². The van der Waals surface area contributed by atoms with Crippen molar-refractivity contribution >= 4 is 27.7 Å². The smallest absolute Gasteiger partial charge is 0.261 e. The van der Waals surface area contributed by atoms with Crippen molar-refractivity contribution < 1.29 is 14.3 Å². The van der Waals surface area contributed by atoms with E-state index in [1.807, 2.05) is 62.4 Å². The summed E-state index contributed by atoms with van der Waals surface area (Å²) in [5.41, 5.74) is 2.16. The molecule has 0 bridgehead atoms. The van der Waals surface area contributed by atoms with E-state index in [4.69, 9.17) is 4.74 Å². The Morgan fingerprint density at radius 1 is 1.10 bits per heavy atom. The van der Waals surface area contributed by atoms with Crippen molar-refractivity contribution in [2.24, 2.45) is 0 Å². The summed E-state index contributed by atoms with van der Waals surface area (Å²) in [6.07, 6.45) is 1.37. The molecule has 0 heterocycles. The van der Waals surface area contributed by atoms with Crippen LogP contribution in [0.3, 0.4) is 0 Å². The van der Waals surface area contributed by atoms with Crippen LogP contribution in [0.15, 0.2) is 53.0 Å². The first-order chi connectivity index (χ1) is 14.9. The fourth-order valence-electron chi connectivity index (χ4n) is 3.28. The van der Waals surface area contributed by atoms with Gasteiger partial charge in [-0.3, -0.25) is 9.59 Å². The summed E-state index contributed by atoms with van der Waals surface area (Å²) in [6.45, 7) is 8.99. The second kappa shape index (κ2) is 12.5. The summed E-state index contributed by atoms with van der Waals surface area (Å²) in [4.78, 5) is 27.6. The van der Waals surface area contributed by atoms with E-state index in [0.717, 1.165) is 16.5 Å². The molecule has 31 heavy (non-hydrogen) atoms. The zero-order valence-corrected chi connectivity index (χ0v) is 20.4. The molecule has 1 N–H and O–H groups in total. The molecule has 0 fully saturated rings. The fraction of sp³-hybridized carbons (Fsp3) is 0.440. The average molecular weight is 489 g/mol. The Morgan fingerprint density at radius 2 is 1.81 bits per heavy atom. The van der Waals surface area contributed by atoms with Crippen LogP contribution >= 0.6 is 15.9 Å². The van der Waals surface area contributed by atoms with Gasteiger partial charge < -0.3 is 15.0 Å². The van der Waals surface area contributed by atoms with Gasteiger partial charge in [-0.25, -0.2) is 0 Å². The molecular formula is C25H33BrN2O3. The van der Waals surface area contributed by atoms with Gasteiger partial charge in [-0.2, -0.15) is 0 Å². The molecule has 168 valence electrons. The van der Waals surface area contributed by atoms with Crippen LogP contribution in [0.4, 0.5) is 0 Å². The lowest BCUT2D eigenvalue weighted by atomic mass is 10.0. The van der Waals surface area contributed by atoms with Crippen LogP contribution in [0.2, 0.25) is 0 Å². The summed E-state index contributed by atoms with van der Waals surface area (Å²) in [6, 6.07) is 15.1. The summed E-state index contributed by atoms with van der Waals surface area (Å²) in [5.74, 6) is 0.666. The number of amides is 2. The van der Waals surface area contributed by atoms with Crippen molar-refractivity contribution in [2.75, 3.05) is 13.2 Å². The monoisotopic (exact) mass is 488 g/mol. The molecule has 0 aliphatic heterocycles. The van der Waals surface area contributed by atoms with Gasteiger partial charge in [0.15, 0.2) is 6.61 Å². The molecule has 0 unspecified atom stereocenters. The third-order valence-electron chi connectivity index (χ3n) is 5.10. The van der Waals surface area contributed by atoms with Crippen LogP contribution in [0.25, 0.3) is 0 Å². The van der Waals surface area contributed by atoms with E-state index >= 15 is 0 Å². The molecule has 0 radical (unpaired) electrons. The predicted molar refractivity (Wildman–Crippen MR) is 128 cm³/mol. The maximum atomic E-state index is 13.2. The minimum absolute atomic E-state index is 0.129. The van der Waals surface area contributed by atoms with E-state index in [2.05, 4.69) is 35.1 Å². The lowest BCUT2D eigenvalue weighted by molar-refractivity contribution is -0.143. The topological polar surface area (TPSA) is 58.6 Å². The van der Waals surface area contributed by atoms with Crippen LogP contribution in [-0.2, 0) is 16.1 Å². The Morgan fingerprint density at radius 3 is 2.39 bits per heavy atom. The number of nitrogens with one attached hydrogen (secondary N) is 1. The molecule has 0 saturated carbocycles. The highest BCUT2D eigenvalue weighted by Crippen LogP contribution is 2.29. The lowest BCUT2D eigenvalue weighted by Crippen LogP contribution is -2.50. The molecule has 1 atom stereocenters. The number of benzene rings is 2. The van der Waals surface area contributed by atoms with E-state index in [1.54, 1.807) is 4.90 Å². The first kappa shape index (κ1) is 24.9. The second-order valence-corrected chi connectivity index (χ2v) is 8.71. The maximum absolute atomic E-state index is 13.2. The number of nitrogens with zero attached hydrogens (tertiary/aromatic N) is 1. The number of carbonyl (C=O) groups is 2. The van der Waals surface area contributed by atoms with Crippen LogP contribution in [0.1, 0.15) is 57.6 Å². The van der Waals surface area contributed by atoms with Gasteiger partial charge in [-0.15, -0.1) is 0 Å². The van der Waals surface area contributed by atoms with Gasteiger partial charge in [-0.1, -0.05) is 64.1 Å². The van der Waals surface area contributed by atoms with Crippen molar-refractivity contribution in [3.8, 4) is 5.75 Å².